The van der Waals surface area contributed by atoms with Crippen LogP contribution in [0.1, 0.15) is 106 Å². The summed E-state index contributed by atoms with van der Waals surface area (Å²) in [5, 5.41) is 9.49. The summed E-state index contributed by atoms with van der Waals surface area (Å²) in [6.07, 6.45) is 12.9. The molecule has 2 heteroatoms. The maximum Gasteiger partial charge on any atom is 0.0663 e. The molecule has 0 radical (unpaired) electrons. The first-order chi connectivity index (χ1) is 15.0. The summed E-state index contributed by atoms with van der Waals surface area (Å²) >= 11 is 0. The Morgan fingerprint density at radius 3 is 2.38 bits per heavy atom. The van der Waals surface area contributed by atoms with E-state index in [0.29, 0.717) is 46.0 Å². The average molecular weight is 438 g/mol. The summed E-state index contributed by atoms with van der Waals surface area (Å²) in [5.74, 6) is 2.82. The van der Waals surface area contributed by atoms with Gasteiger partial charge in [-0.3, -0.25) is 0 Å². The van der Waals surface area contributed by atoms with Crippen LogP contribution in [-0.2, 0) is 4.74 Å². The standard InChI is InChI=1S/C30H47NO/c1-20(2)21-11-13-29(7)23(27(21,5)12-8-18-31)10-9-22-24-25-26(3,4)14-16-30(24,19-32-25)17-15-28(22,29)6/h21-25H,1,8-17,19H2,2-7H3/t21?,22?,23?,24?,25?,27-,28+,29+,30?/m0/s1. The third kappa shape index (κ3) is 2.73. The Morgan fingerprint density at radius 1 is 0.969 bits per heavy atom. The molecule has 2 bridgehead atoms. The second-order valence-corrected chi connectivity index (χ2v) is 14.3. The Morgan fingerprint density at radius 2 is 1.69 bits per heavy atom. The van der Waals surface area contributed by atoms with Gasteiger partial charge in [0.15, 0.2) is 0 Å². The van der Waals surface area contributed by atoms with E-state index in [1.165, 1.54) is 56.9 Å². The number of hydrogen-bond acceptors (Lipinski definition) is 2. The first kappa shape index (κ1) is 23.0. The first-order valence-corrected chi connectivity index (χ1v) is 13.6. The molecule has 4 aliphatic carbocycles. The van der Waals surface area contributed by atoms with E-state index < -0.39 is 0 Å². The van der Waals surface area contributed by atoms with Crippen molar-refractivity contribution in [3.05, 3.63) is 12.2 Å². The predicted molar refractivity (Wildman–Crippen MR) is 131 cm³/mol. The lowest BCUT2D eigenvalue weighted by Crippen LogP contribution is -2.65. The maximum absolute atomic E-state index is 9.49. The van der Waals surface area contributed by atoms with Gasteiger partial charge in [-0.05, 0) is 115 Å². The minimum Gasteiger partial charge on any atom is -0.377 e. The molecule has 0 aromatic carbocycles. The fraction of sp³-hybridized carbons (Fsp3) is 0.900. The van der Waals surface area contributed by atoms with Crippen molar-refractivity contribution in [3.8, 4) is 6.07 Å². The summed E-state index contributed by atoms with van der Waals surface area (Å²) in [6, 6.07) is 2.49. The third-order valence-electron chi connectivity index (χ3n) is 12.8. The lowest BCUT2D eigenvalue weighted by molar-refractivity contribution is -0.224. The molecule has 1 saturated heterocycles. The minimum atomic E-state index is 0.207. The van der Waals surface area contributed by atoms with Crippen LogP contribution in [0.3, 0.4) is 0 Å². The molecule has 5 fully saturated rings. The molecule has 1 aliphatic heterocycles. The van der Waals surface area contributed by atoms with E-state index in [1.807, 2.05) is 0 Å². The van der Waals surface area contributed by atoms with Crippen molar-refractivity contribution in [1.82, 2.24) is 0 Å². The topological polar surface area (TPSA) is 33.0 Å². The summed E-state index contributed by atoms with van der Waals surface area (Å²) in [6.45, 7) is 20.6. The Bertz CT molecular complexity index is 838. The van der Waals surface area contributed by atoms with E-state index in [1.54, 1.807) is 0 Å². The monoisotopic (exact) mass is 437 g/mol. The molecule has 0 N–H and O–H groups in total. The zero-order valence-electron chi connectivity index (χ0n) is 21.7. The molecule has 178 valence electrons. The molecule has 0 spiro atoms. The van der Waals surface area contributed by atoms with Gasteiger partial charge in [0.1, 0.15) is 0 Å². The highest BCUT2D eigenvalue weighted by Crippen LogP contribution is 2.76. The van der Waals surface area contributed by atoms with Crippen molar-refractivity contribution in [3.63, 3.8) is 0 Å². The predicted octanol–water partition coefficient (Wildman–Crippen LogP) is 7.94. The van der Waals surface area contributed by atoms with Gasteiger partial charge in [-0.1, -0.05) is 46.8 Å². The zero-order valence-corrected chi connectivity index (χ0v) is 21.7. The highest BCUT2D eigenvalue weighted by atomic mass is 16.5. The molecule has 0 aromatic heterocycles. The van der Waals surface area contributed by atoms with Crippen molar-refractivity contribution in [2.24, 2.45) is 50.7 Å². The lowest BCUT2D eigenvalue weighted by Gasteiger charge is -2.71. The number of allylic oxidation sites excluding steroid dienone is 1. The molecule has 5 rings (SSSR count). The normalized spacial score (nSPS) is 53.5. The molecular formula is C30H47NO. The number of ether oxygens (including phenoxy) is 1. The SMILES string of the molecule is C=C(C)C1CC[C@]2(C)C(CCC3C4C5OCC4(CCC5(C)C)CC[C@]32C)[C@@]1(C)CCC#N. The smallest absolute Gasteiger partial charge is 0.0663 e. The van der Waals surface area contributed by atoms with E-state index in [-0.39, 0.29) is 5.41 Å². The van der Waals surface area contributed by atoms with Gasteiger partial charge in [-0.25, -0.2) is 0 Å². The molecule has 9 atom stereocenters. The second-order valence-electron chi connectivity index (χ2n) is 14.3. The van der Waals surface area contributed by atoms with Gasteiger partial charge < -0.3 is 4.74 Å². The lowest BCUT2D eigenvalue weighted by atomic mass is 9.33. The number of nitriles is 1. The molecule has 1 heterocycles. The van der Waals surface area contributed by atoms with Gasteiger partial charge in [0.2, 0.25) is 0 Å². The molecule has 6 unspecified atom stereocenters. The Kier molecular flexibility index (Phi) is 5.09. The maximum atomic E-state index is 9.49. The molecule has 5 aliphatic rings. The largest absolute Gasteiger partial charge is 0.377 e. The van der Waals surface area contributed by atoms with Crippen LogP contribution < -0.4 is 0 Å². The van der Waals surface area contributed by atoms with Crippen LogP contribution >= 0.6 is 0 Å². The van der Waals surface area contributed by atoms with Crippen molar-refractivity contribution < 1.29 is 4.74 Å². The van der Waals surface area contributed by atoms with Crippen LogP contribution in [0.2, 0.25) is 0 Å². The number of hydrogen-bond donors (Lipinski definition) is 0. The average Bonchev–Trinajstić information content (AvgIpc) is 3.06. The van der Waals surface area contributed by atoms with Crippen molar-refractivity contribution in [1.29, 1.82) is 5.26 Å². The van der Waals surface area contributed by atoms with Crippen molar-refractivity contribution >= 4 is 0 Å². The van der Waals surface area contributed by atoms with Gasteiger partial charge in [-0.2, -0.15) is 5.26 Å². The van der Waals surface area contributed by atoms with Crippen LogP contribution in [0.15, 0.2) is 12.2 Å². The second kappa shape index (κ2) is 7.10. The number of fused-ring (bicyclic) bond motifs is 3. The molecule has 32 heavy (non-hydrogen) atoms. The van der Waals surface area contributed by atoms with Crippen LogP contribution in [0.25, 0.3) is 0 Å². The molecule has 0 aromatic rings. The molecule has 4 saturated carbocycles. The molecular weight excluding hydrogens is 390 g/mol. The van der Waals surface area contributed by atoms with Crippen LogP contribution in [0.4, 0.5) is 0 Å². The summed E-state index contributed by atoms with van der Waals surface area (Å²) in [7, 11) is 0. The quantitative estimate of drug-likeness (QED) is 0.420. The minimum absolute atomic E-state index is 0.207. The van der Waals surface area contributed by atoms with E-state index in [2.05, 4.69) is 54.2 Å². The van der Waals surface area contributed by atoms with Gasteiger partial charge in [0, 0.05) is 6.42 Å². The van der Waals surface area contributed by atoms with Gasteiger partial charge in [-0.15, -0.1) is 0 Å². The molecule has 0 amide bonds. The fourth-order valence-electron chi connectivity index (χ4n) is 10.8. The van der Waals surface area contributed by atoms with Gasteiger partial charge in [0.05, 0.1) is 18.8 Å². The first-order valence-electron chi connectivity index (χ1n) is 13.6. The zero-order chi connectivity index (χ0) is 23.2. The van der Waals surface area contributed by atoms with Crippen LogP contribution in [0.5, 0.6) is 0 Å². The third-order valence-corrected chi connectivity index (χ3v) is 12.8. The summed E-state index contributed by atoms with van der Waals surface area (Å²) in [5.41, 5.74) is 3.08. The van der Waals surface area contributed by atoms with E-state index in [9.17, 15) is 5.26 Å². The van der Waals surface area contributed by atoms with Gasteiger partial charge >= 0.3 is 0 Å². The molecule has 2 nitrogen and oxygen atoms in total. The van der Waals surface area contributed by atoms with Gasteiger partial charge in [0.25, 0.3) is 0 Å². The van der Waals surface area contributed by atoms with E-state index >= 15 is 0 Å². The highest BCUT2D eigenvalue weighted by molar-refractivity contribution is 5.21. The summed E-state index contributed by atoms with van der Waals surface area (Å²) in [4.78, 5) is 0. The van der Waals surface area contributed by atoms with Crippen molar-refractivity contribution in [2.45, 2.75) is 112 Å². The Hall–Kier alpha value is -0.810. The highest BCUT2D eigenvalue weighted by Gasteiger charge is 2.71. The fourth-order valence-corrected chi connectivity index (χ4v) is 10.8. The van der Waals surface area contributed by atoms with Crippen LogP contribution in [-0.4, -0.2) is 12.7 Å². The Balaban J connectivity index is 1.55. The van der Waals surface area contributed by atoms with E-state index in [0.717, 1.165) is 24.9 Å². The Labute approximate surface area is 197 Å². The van der Waals surface area contributed by atoms with Crippen molar-refractivity contribution in [2.75, 3.05) is 6.61 Å². The number of rotatable bonds is 3. The number of nitrogens with zero attached hydrogens (tertiary/aromatic N) is 1. The summed E-state index contributed by atoms with van der Waals surface area (Å²) < 4.78 is 6.69. The van der Waals surface area contributed by atoms with E-state index in [4.69, 9.17) is 4.74 Å². The van der Waals surface area contributed by atoms with Crippen LogP contribution in [0, 0.1) is 62.1 Å².